The molecular weight excluding hydrogens is 422 g/mol. The Kier molecular flexibility index (Phi) is 5.21. The molecule has 0 aliphatic heterocycles. The molecule has 0 amide bonds. The monoisotopic (exact) mass is 439 g/mol. The van der Waals surface area contributed by atoms with Gasteiger partial charge in [0.1, 0.15) is 5.75 Å². The molecule has 0 radical (unpaired) electrons. The lowest BCUT2D eigenvalue weighted by molar-refractivity contribution is -0.274. The molecule has 0 aliphatic carbocycles. The first-order valence-electron chi connectivity index (χ1n) is 8.92. The molecule has 0 aliphatic rings. The summed E-state index contributed by atoms with van der Waals surface area (Å²) < 4.78 is 56.7. The molecule has 3 rings (SSSR count). The third kappa shape index (κ3) is 3.80. The minimum Gasteiger partial charge on any atom is -0.505 e. The topological polar surface area (TPSA) is 88.8 Å². The molecule has 10 heteroatoms. The number of aromatic nitrogens is 1. The van der Waals surface area contributed by atoms with Gasteiger partial charge in [0, 0.05) is 22.2 Å². The van der Waals surface area contributed by atoms with E-state index in [0.29, 0.717) is 0 Å². The van der Waals surface area contributed by atoms with E-state index in [0.717, 1.165) is 34.9 Å². The first-order valence-corrected chi connectivity index (χ1v) is 8.92. The number of hydrogen-bond acceptors (Lipinski definition) is 4. The summed E-state index contributed by atoms with van der Waals surface area (Å²) in [5, 5.41) is 19.2. The maximum absolute atomic E-state index is 14.8. The smallest absolute Gasteiger partial charge is 0.505 e. The van der Waals surface area contributed by atoms with Crippen molar-refractivity contribution in [1.29, 1.82) is 0 Å². The third-order valence-electron chi connectivity index (χ3n) is 4.99. The summed E-state index contributed by atoms with van der Waals surface area (Å²) in [6.45, 7) is 4.09. The standard InChI is InChI=1S/C21H17F4NO5/c1-10-16(20(2,3)19(29)30)15-13(8-9-14(27)17(15)22)26(10)18(28)11-4-6-12(7-5-11)31-21(23,24)25/h4-9,27H,1-3H3,(H,29,30). The minimum atomic E-state index is -4.89. The Labute approximate surface area is 173 Å². The zero-order chi connectivity index (χ0) is 23.3. The van der Waals surface area contributed by atoms with Crippen LogP contribution in [0.5, 0.6) is 11.5 Å². The third-order valence-corrected chi connectivity index (χ3v) is 4.99. The molecule has 0 atom stereocenters. The van der Waals surface area contributed by atoms with Crippen LogP contribution in [0.1, 0.15) is 35.5 Å². The van der Waals surface area contributed by atoms with Gasteiger partial charge in [0.2, 0.25) is 0 Å². The summed E-state index contributed by atoms with van der Waals surface area (Å²) in [4.78, 5) is 25.0. The van der Waals surface area contributed by atoms with Crippen molar-refractivity contribution in [3.05, 3.63) is 59.0 Å². The largest absolute Gasteiger partial charge is 0.573 e. The molecule has 1 heterocycles. The van der Waals surface area contributed by atoms with Gasteiger partial charge in [-0.25, -0.2) is 4.39 Å². The molecule has 0 spiro atoms. The number of benzene rings is 2. The number of carbonyl (C=O) groups is 2. The van der Waals surface area contributed by atoms with Crippen molar-refractivity contribution < 1.29 is 42.1 Å². The Bertz CT molecular complexity index is 1190. The lowest BCUT2D eigenvalue weighted by Crippen LogP contribution is -2.29. The molecule has 164 valence electrons. The number of carbonyl (C=O) groups excluding carboxylic acids is 1. The minimum absolute atomic E-state index is 0.00576. The second kappa shape index (κ2) is 7.29. The Morgan fingerprint density at radius 3 is 2.13 bits per heavy atom. The number of alkyl halides is 3. The van der Waals surface area contributed by atoms with Crippen LogP contribution in [0.4, 0.5) is 17.6 Å². The Hall–Kier alpha value is -3.56. The van der Waals surface area contributed by atoms with Crippen LogP contribution in [0.15, 0.2) is 36.4 Å². The average Bonchev–Trinajstić information content (AvgIpc) is 2.96. The molecule has 1 aromatic heterocycles. The first-order chi connectivity index (χ1) is 14.3. The van der Waals surface area contributed by atoms with Crippen molar-refractivity contribution in [2.75, 3.05) is 0 Å². The lowest BCUT2D eigenvalue weighted by Gasteiger charge is -2.20. The highest BCUT2D eigenvalue weighted by atomic mass is 19.4. The van der Waals surface area contributed by atoms with Crippen LogP contribution in [-0.2, 0) is 10.2 Å². The highest BCUT2D eigenvalue weighted by Crippen LogP contribution is 2.40. The van der Waals surface area contributed by atoms with Crippen molar-refractivity contribution in [3.63, 3.8) is 0 Å². The normalized spacial score (nSPS) is 12.2. The van der Waals surface area contributed by atoms with Crippen LogP contribution in [-0.4, -0.2) is 33.0 Å². The highest BCUT2D eigenvalue weighted by Gasteiger charge is 2.38. The van der Waals surface area contributed by atoms with Crippen molar-refractivity contribution in [2.24, 2.45) is 0 Å². The summed E-state index contributed by atoms with van der Waals surface area (Å²) in [5.74, 6) is -4.32. The van der Waals surface area contributed by atoms with Crippen LogP contribution >= 0.6 is 0 Å². The SMILES string of the molecule is Cc1c(C(C)(C)C(=O)O)c2c(F)c(O)ccc2n1C(=O)c1ccc(OC(F)(F)F)cc1. The molecule has 0 unspecified atom stereocenters. The van der Waals surface area contributed by atoms with Gasteiger partial charge in [0.05, 0.1) is 10.9 Å². The van der Waals surface area contributed by atoms with E-state index in [2.05, 4.69) is 4.74 Å². The van der Waals surface area contributed by atoms with E-state index in [9.17, 15) is 37.4 Å². The zero-order valence-corrected chi connectivity index (χ0v) is 16.5. The fourth-order valence-electron chi connectivity index (χ4n) is 3.51. The molecule has 2 N–H and O–H groups in total. The number of aliphatic carboxylic acids is 1. The summed E-state index contributed by atoms with van der Waals surface area (Å²) in [6, 6.07) is 6.41. The van der Waals surface area contributed by atoms with E-state index >= 15 is 0 Å². The number of rotatable bonds is 4. The number of halogens is 4. The van der Waals surface area contributed by atoms with Gasteiger partial charge in [-0.1, -0.05) is 0 Å². The van der Waals surface area contributed by atoms with Crippen LogP contribution in [0, 0.1) is 12.7 Å². The Morgan fingerprint density at radius 2 is 1.61 bits per heavy atom. The summed E-state index contributed by atoms with van der Waals surface area (Å²) in [5.41, 5.74) is -1.53. The number of hydrogen-bond donors (Lipinski definition) is 2. The quantitative estimate of drug-likeness (QED) is 0.573. The summed E-state index contributed by atoms with van der Waals surface area (Å²) in [6.07, 6.45) is -4.89. The van der Waals surface area contributed by atoms with Gasteiger partial charge in [0.15, 0.2) is 11.6 Å². The summed E-state index contributed by atoms with van der Waals surface area (Å²) in [7, 11) is 0. The van der Waals surface area contributed by atoms with Gasteiger partial charge in [-0.15, -0.1) is 13.2 Å². The van der Waals surface area contributed by atoms with Crippen LogP contribution < -0.4 is 4.74 Å². The number of carboxylic acids is 1. The fraction of sp³-hybridized carbons (Fsp3) is 0.238. The average molecular weight is 439 g/mol. The van der Waals surface area contributed by atoms with E-state index in [4.69, 9.17) is 0 Å². The molecular formula is C21H17F4NO5. The van der Waals surface area contributed by atoms with Gasteiger partial charge in [0.25, 0.3) is 5.91 Å². The molecule has 2 aromatic carbocycles. The second-order valence-electron chi connectivity index (χ2n) is 7.40. The van der Waals surface area contributed by atoms with Gasteiger partial charge in [-0.2, -0.15) is 0 Å². The van der Waals surface area contributed by atoms with E-state index < -0.39 is 41.0 Å². The van der Waals surface area contributed by atoms with Gasteiger partial charge in [-0.3, -0.25) is 14.2 Å². The van der Waals surface area contributed by atoms with Crippen molar-refractivity contribution in [1.82, 2.24) is 4.57 Å². The number of fused-ring (bicyclic) bond motifs is 1. The predicted octanol–water partition coefficient (Wildman–Crippen LogP) is 4.74. The van der Waals surface area contributed by atoms with Crippen molar-refractivity contribution >= 4 is 22.8 Å². The zero-order valence-electron chi connectivity index (χ0n) is 16.5. The molecule has 0 bridgehead atoms. The molecule has 31 heavy (non-hydrogen) atoms. The van der Waals surface area contributed by atoms with Crippen LogP contribution in [0.2, 0.25) is 0 Å². The number of ether oxygens (including phenoxy) is 1. The highest BCUT2D eigenvalue weighted by molar-refractivity contribution is 6.06. The number of phenolic OH excluding ortho intramolecular Hbond substituents is 1. The Balaban J connectivity index is 2.21. The molecule has 6 nitrogen and oxygen atoms in total. The lowest BCUT2D eigenvalue weighted by atomic mass is 9.82. The number of carboxylic acid groups (broad SMARTS) is 1. The van der Waals surface area contributed by atoms with E-state index in [1.165, 1.54) is 26.8 Å². The number of nitrogens with zero attached hydrogens (tertiary/aromatic N) is 1. The van der Waals surface area contributed by atoms with Crippen molar-refractivity contribution in [2.45, 2.75) is 32.5 Å². The van der Waals surface area contributed by atoms with E-state index in [1.54, 1.807) is 0 Å². The Morgan fingerprint density at radius 1 is 1.03 bits per heavy atom. The van der Waals surface area contributed by atoms with E-state index in [1.807, 2.05) is 0 Å². The predicted molar refractivity (Wildman–Crippen MR) is 102 cm³/mol. The van der Waals surface area contributed by atoms with Crippen molar-refractivity contribution in [3.8, 4) is 11.5 Å². The van der Waals surface area contributed by atoms with Gasteiger partial charge in [-0.05, 0) is 57.2 Å². The number of phenols is 1. The molecule has 0 saturated heterocycles. The van der Waals surface area contributed by atoms with Gasteiger partial charge >= 0.3 is 12.3 Å². The van der Waals surface area contributed by atoms with Gasteiger partial charge < -0.3 is 14.9 Å². The maximum atomic E-state index is 14.8. The molecule has 0 fully saturated rings. The second-order valence-corrected chi connectivity index (χ2v) is 7.40. The molecule has 0 saturated carbocycles. The van der Waals surface area contributed by atoms with Crippen LogP contribution in [0.25, 0.3) is 10.9 Å². The first kappa shape index (κ1) is 22.1. The summed E-state index contributed by atoms with van der Waals surface area (Å²) >= 11 is 0. The molecule has 3 aromatic rings. The fourth-order valence-corrected chi connectivity index (χ4v) is 3.51. The van der Waals surface area contributed by atoms with Crippen LogP contribution in [0.3, 0.4) is 0 Å². The number of aromatic hydroxyl groups is 1. The van der Waals surface area contributed by atoms with E-state index in [-0.39, 0.29) is 27.7 Å². The maximum Gasteiger partial charge on any atom is 0.573 e.